The van der Waals surface area contributed by atoms with Crippen LogP contribution in [0.5, 0.6) is 0 Å². The van der Waals surface area contributed by atoms with Gasteiger partial charge in [0, 0.05) is 16.3 Å². The Kier molecular flexibility index (Phi) is 7.38. The molecule has 2 amide bonds. The van der Waals surface area contributed by atoms with Crippen molar-refractivity contribution < 1.29 is 23.9 Å². The van der Waals surface area contributed by atoms with Crippen LogP contribution in [0.3, 0.4) is 0 Å². The van der Waals surface area contributed by atoms with Crippen molar-refractivity contribution in [2.24, 2.45) is 0 Å². The fraction of sp³-hybridized carbons (Fsp3) is 0.381. The molecule has 0 spiro atoms. The molecule has 0 unspecified atom stereocenters. The fourth-order valence-corrected chi connectivity index (χ4v) is 5.13. The summed E-state index contributed by atoms with van der Waals surface area (Å²) in [6.45, 7) is 4.82. The van der Waals surface area contributed by atoms with Gasteiger partial charge in [0.05, 0.1) is 30.9 Å². The summed E-state index contributed by atoms with van der Waals surface area (Å²) in [4.78, 5) is 41.0. The molecule has 0 saturated heterocycles. The van der Waals surface area contributed by atoms with E-state index in [9.17, 15) is 14.4 Å². The molecule has 30 heavy (non-hydrogen) atoms. The van der Waals surface area contributed by atoms with Crippen LogP contribution in [-0.4, -0.2) is 48.9 Å². The van der Waals surface area contributed by atoms with Crippen molar-refractivity contribution in [1.82, 2.24) is 4.90 Å². The zero-order valence-corrected chi connectivity index (χ0v) is 18.8. The van der Waals surface area contributed by atoms with Crippen LogP contribution in [0.4, 0.5) is 9.80 Å². The summed E-state index contributed by atoms with van der Waals surface area (Å²) in [7, 11) is 0. The fourth-order valence-electron chi connectivity index (χ4n) is 3.28. The van der Waals surface area contributed by atoms with Crippen molar-refractivity contribution >= 4 is 46.1 Å². The Hall–Kier alpha value is -2.52. The predicted octanol–water partition coefficient (Wildman–Crippen LogP) is 4.41. The van der Waals surface area contributed by atoms with Crippen LogP contribution in [-0.2, 0) is 22.4 Å². The molecule has 1 aromatic carbocycles. The Morgan fingerprint density at radius 1 is 1.17 bits per heavy atom. The third-order valence-corrected chi connectivity index (χ3v) is 6.57. The molecule has 0 saturated carbocycles. The second kappa shape index (κ2) is 9.99. The van der Waals surface area contributed by atoms with E-state index in [0.29, 0.717) is 42.2 Å². The first-order valence-electron chi connectivity index (χ1n) is 9.67. The number of nitrogens with zero attached hydrogens (tertiary/aromatic N) is 1. The van der Waals surface area contributed by atoms with Gasteiger partial charge in [0.2, 0.25) is 0 Å². The van der Waals surface area contributed by atoms with Gasteiger partial charge < -0.3 is 19.7 Å². The molecule has 3 rings (SSSR count). The summed E-state index contributed by atoms with van der Waals surface area (Å²) in [6, 6.07) is 7.31. The molecule has 7 nitrogen and oxygen atoms in total. The van der Waals surface area contributed by atoms with Gasteiger partial charge in [-0.05, 0) is 44.2 Å². The molecule has 2 heterocycles. The number of thioether (sulfide) groups is 1. The summed E-state index contributed by atoms with van der Waals surface area (Å²) in [5.74, 6) is -0.751. The lowest BCUT2D eigenvalue weighted by Crippen LogP contribution is -2.36. The Morgan fingerprint density at radius 3 is 2.60 bits per heavy atom. The number of esters is 1. The minimum absolute atomic E-state index is 0.237. The average molecular weight is 449 g/mol. The van der Waals surface area contributed by atoms with Crippen molar-refractivity contribution in [3.8, 4) is 0 Å². The van der Waals surface area contributed by atoms with Crippen molar-refractivity contribution in [3.05, 3.63) is 45.8 Å². The number of hydrogen-bond donors (Lipinski definition) is 1. The number of nitrogens with one attached hydrogen (secondary N) is 1. The number of ether oxygens (including phenoxy) is 2. The zero-order chi connectivity index (χ0) is 21.7. The molecule has 0 aliphatic carbocycles. The largest absolute Gasteiger partial charge is 0.462 e. The van der Waals surface area contributed by atoms with Gasteiger partial charge in [-0.1, -0.05) is 12.1 Å². The number of benzene rings is 1. The minimum atomic E-state index is -0.465. The number of carbonyl (C=O) groups excluding carboxylic acids is 3. The predicted molar refractivity (Wildman–Crippen MR) is 118 cm³/mol. The van der Waals surface area contributed by atoms with Crippen LogP contribution >= 0.6 is 23.1 Å². The van der Waals surface area contributed by atoms with E-state index in [1.165, 1.54) is 23.1 Å². The molecule has 1 aliphatic heterocycles. The van der Waals surface area contributed by atoms with E-state index in [1.54, 1.807) is 30.9 Å². The SMILES string of the molecule is CCOC(=O)c1c(NC(=O)c2ccccc2SC)sc2c1CCN(C(=O)OCC)C2. The second-order valence-corrected chi connectivity index (χ2v) is 8.41. The highest BCUT2D eigenvalue weighted by Gasteiger charge is 2.31. The average Bonchev–Trinajstić information content (AvgIpc) is 3.10. The van der Waals surface area contributed by atoms with Crippen molar-refractivity contribution in [3.63, 3.8) is 0 Å². The van der Waals surface area contributed by atoms with Crippen LogP contribution in [0.1, 0.15) is 45.0 Å². The van der Waals surface area contributed by atoms with Crippen molar-refractivity contribution in [2.75, 3.05) is 31.3 Å². The first kappa shape index (κ1) is 22.2. The Bertz CT molecular complexity index is 957. The van der Waals surface area contributed by atoms with E-state index in [0.717, 1.165) is 15.3 Å². The van der Waals surface area contributed by atoms with Crippen LogP contribution in [0.2, 0.25) is 0 Å². The maximum absolute atomic E-state index is 12.9. The normalized spacial score (nSPS) is 12.8. The third kappa shape index (κ3) is 4.62. The number of fused-ring (bicyclic) bond motifs is 1. The summed E-state index contributed by atoms with van der Waals surface area (Å²) >= 11 is 2.78. The smallest absolute Gasteiger partial charge is 0.410 e. The van der Waals surface area contributed by atoms with Gasteiger partial charge in [0.25, 0.3) is 5.91 Å². The summed E-state index contributed by atoms with van der Waals surface area (Å²) in [6.07, 6.45) is 2.02. The molecule has 1 aliphatic rings. The highest BCUT2D eigenvalue weighted by atomic mass is 32.2. The van der Waals surface area contributed by atoms with Gasteiger partial charge >= 0.3 is 12.1 Å². The van der Waals surface area contributed by atoms with E-state index in [4.69, 9.17) is 9.47 Å². The standard InChI is InChI=1S/C21H24N2O5S2/c1-4-27-20(25)17-13-10-11-23(21(26)28-5-2)12-16(13)30-19(17)22-18(24)14-8-6-7-9-15(14)29-3/h6-9H,4-5,10-12H2,1-3H3,(H,22,24). The number of carbonyl (C=O) groups is 3. The van der Waals surface area contributed by atoms with Gasteiger partial charge in [0.15, 0.2) is 0 Å². The van der Waals surface area contributed by atoms with Crippen LogP contribution in [0.15, 0.2) is 29.2 Å². The number of amides is 2. The molecule has 2 aromatic rings. The zero-order valence-electron chi connectivity index (χ0n) is 17.1. The number of rotatable bonds is 6. The van der Waals surface area contributed by atoms with Crippen molar-refractivity contribution in [1.29, 1.82) is 0 Å². The van der Waals surface area contributed by atoms with Crippen LogP contribution in [0, 0.1) is 0 Å². The number of thiophene rings is 1. The van der Waals surface area contributed by atoms with Gasteiger partial charge in [-0.15, -0.1) is 23.1 Å². The lowest BCUT2D eigenvalue weighted by Gasteiger charge is -2.26. The Labute approximate surface area is 183 Å². The quantitative estimate of drug-likeness (QED) is 0.520. The molecule has 9 heteroatoms. The number of hydrogen-bond acceptors (Lipinski definition) is 7. The first-order chi connectivity index (χ1) is 14.5. The molecule has 0 bridgehead atoms. The lowest BCUT2D eigenvalue weighted by atomic mass is 10.0. The second-order valence-electron chi connectivity index (χ2n) is 6.45. The van der Waals surface area contributed by atoms with E-state index in [1.807, 2.05) is 18.4 Å². The monoisotopic (exact) mass is 448 g/mol. The van der Waals surface area contributed by atoms with E-state index in [-0.39, 0.29) is 18.6 Å². The van der Waals surface area contributed by atoms with Crippen LogP contribution < -0.4 is 5.32 Å². The highest BCUT2D eigenvalue weighted by Crippen LogP contribution is 2.38. The first-order valence-corrected chi connectivity index (χ1v) is 11.7. The van der Waals surface area contributed by atoms with Crippen LogP contribution in [0.25, 0.3) is 0 Å². The minimum Gasteiger partial charge on any atom is -0.462 e. The molecule has 160 valence electrons. The number of anilines is 1. The summed E-state index contributed by atoms with van der Waals surface area (Å²) in [5.41, 5.74) is 1.75. The van der Waals surface area contributed by atoms with Gasteiger partial charge in [-0.2, -0.15) is 0 Å². The molecular formula is C21H24N2O5S2. The highest BCUT2D eigenvalue weighted by molar-refractivity contribution is 7.98. The van der Waals surface area contributed by atoms with E-state index >= 15 is 0 Å². The molecule has 0 radical (unpaired) electrons. The van der Waals surface area contributed by atoms with Gasteiger partial charge in [-0.3, -0.25) is 4.79 Å². The topological polar surface area (TPSA) is 84.9 Å². The summed E-state index contributed by atoms with van der Waals surface area (Å²) in [5, 5.41) is 3.35. The maximum Gasteiger partial charge on any atom is 0.410 e. The molecule has 0 atom stereocenters. The summed E-state index contributed by atoms with van der Waals surface area (Å²) < 4.78 is 10.3. The van der Waals surface area contributed by atoms with E-state index in [2.05, 4.69) is 5.32 Å². The molecule has 0 fully saturated rings. The van der Waals surface area contributed by atoms with E-state index < -0.39 is 5.97 Å². The maximum atomic E-state index is 12.9. The lowest BCUT2D eigenvalue weighted by molar-refractivity contribution is 0.0526. The van der Waals surface area contributed by atoms with Crippen molar-refractivity contribution in [2.45, 2.75) is 31.7 Å². The van der Waals surface area contributed by atoms with Gasteiger partial charge in [0.1, 0.15) is 5.00 Å². The van der Waals surface area contributed by atoms with Gasteiger partial charge in [-0.25, -0.2) is 9.59 Å². The molecule has 1 N–H and O–H groups in total. The Morgan fingerprint density at radius 2 is 1.90 bits per heavy atom. The molecule has 1 aromatic heterocycles. The third-order valence-electron chi connectivity index (χ3n) is 4.64. The molecular weight excluding hydrogens is 424 g/mol. The Balaban J connectivity index is 1.93.